The summed E-state index contributed by atoms with van der Waals surface area (Å²) in [5.74, 6) is -1.22. The minimum Gasteiger partial charge on any atom is -0.481 e. The number of halogens is 1. The van der Waals surface area contributed by atoms with E-state index in [4.69, 9.17) is 5.11 Å². The van der Waals surface area contributed by atoms with Gasteiger partial charge in [-0.15, -0.1) is 0 Å². The minimum atomic E-state index is -0.780. The molecule has 1 rings (SSSR count). The van der Waals surface area contributed by atoms with Gasteiger partial charge in [0, 0.05) is 4.47 Å². The van der Waals surface area contributed by atoms with Crippen molar-refractivity contribution in [2.45, 2.75) is 26.2 Å². The number of carboxylic acid groups (broad SMARTS) is 1. The molecule has 2 nitrogen and oxygen atoms in total. The second-order valence-electron chi connectivity index (χ2n) is 3.26. The molecule has 0 saturated carbocycles. The van der Waals surface area contributed by atoms with Crippen LogP contribution in [0.3, 0.4) is 0 Å². The third-order valence-electron chi connectivity index (χ3n) is 2.33. The number of benzene rings is 1. The normalized spacial score (nSPS) is 12.5. The molecule has 0 heterocycles. The number of rotatable bonds is 3. The molecule has 1 atom stereocenters. The van der Waals surface area contributed by atoms with Crippen LogP contribution in [0.1, 0.15) is 30.9 Å². The maximum Gasteiger partial charge on any atom is 0.310 e. The minimum absolute atomic E-state index is 0.442. The van der Waals surface area contributed by atoms with Gasteiger partial charge < -0.3 is 5.11 Å². The highest BCUT2D eigenvalue weighted by Crippen LogP contribution is 2.24. The molecule has 0 aliphatic heterocycles. The van der Waals surface area contributed by atoms with Crippen LogP contribution >= 0.6 is 15.9 Å². The lowest BCUT2D eigenvalue weighted by atomic mass is 9.94. The number of carbonyl (C=O) groups is 1. The number of hydrogen-bond donors (Lipinski definition) is 1. The highest BCUT2D eigenvalue weighted by molar-refractivity contribution is 9.10. The van der Waals surface area contributed by atoms with Crippen molar-refractivity contribution in [3.05, 3.63) is 33.8 Å². The van der Waals surface area contributed by atoms with Crippen molar-refractivity contribution in [2.24, 2.45) is 0 Å². The van der Waals surface area contributed by atoms with Gasteiger partial charge in [0.1, 0.15) is 0 Å². The van der Waals surface area contributed by atoms with Crippen LogP contribution < -0.4 is 0 Å². The summed E-state index contributed by atoms with van der Waals surface area (Å²) in [7, 11) is 0. The van der Waals surface area contributed by atoms with E-state index in [2.05, 4.69) is 15.9 Å². The fourth-order valence-electron chi connectivity index (χ4n) is 1.42. The SMILES string of the molecule is CCc1ccc(Br)cc1C(C)C(=O)O. The number of aliphatic carboxylic acids is 1. The summed E-state index contributed by atoms with van der Waals surface area (Å²) in [6, 6.07) is 5.80. The molecule has 1 unspecified atom stereocenters. The van der Waals surface area contributed by atoms with E-state index in [1.807, 2.05) is 25.1 Å². The lowest BCUT2D eigenvalue weighted by Gasteiger charge is -2.12. The van der Waals surface area contributed by atoms with Gasteiger partial charge in [0.2, 0.25) is 0 Å². The molecule has 0 radical (unpaired) electrons. The fourth-order valence-corrected chi connectivity index (χ4v) is 1.80. The second kappa shape index (κ2) is 4.60. The second-order valence-corrected chi connectivity index (χ2v) is 4.17. The average molecular weight is 257 g/mol. The van der Waals surface area contributed by atoms with Crippen LogP contribution in [0.15, 0.2) is 22.7 Å². The standard InChI is InChI=1S/C11H13BrO2/c1-3-8-4-5-9(12)6-10(8)7(2)11(13)14/h4-7H,3H2,1-2H3,(H,13,14). The Morgan fingerprint density at radius 2 is 2.21 bits per heavy atom. The summed E-state index contributed by atoms with van der Waals surface area (Å²) in [4.78, 5) is 10.9. The van der Waals surface area contributed by atoms with Gasteiger partial charge in [-0.05, 0) is 36.6 Å². The third-order valence-corrected chi connectivity index (χ3v) is 2.82. The molecule has 1 aromatic rings. The van der Waals surface area contributed by atoms with Crippen molar-refractivity contribution in [3.8, 4) is 0 Å². The first-order valence-electron chi connectivity index (χ1n) is 4.57. The molecule has 0 saturated heterocycles. The van der Waals surface area contributed by atoms with Crippen molar-refractivity contribution in [1.82, 2.24) is 0 Å². The highest BCUT2D eigenvalue weighted by Gasteiger charge is 2.16. The van der Waals surface area contributed by atoms with E-state index in [1.165, 1.54) is 0 Å². The Kier molecular flexibility index (Phi) is 3.69. The molecule has 0 spiro atoms. The molecule has 0 aliphatic rings. The first-order valence-corrected chi connectivity index (χ1v) is 5.36. The van der Waals surface area contributed by atoms with Crippen LogP contribution in [0.5, 0.6) is 0 Å². The number of aryl methyl sites for hydroxylation is 1. The van der Waals surface area contributed by atoms with Crippen LogP contribution in [-0.2, 0) is 11.2 Å². The fraction of sp³-hybridized carbons (Fsp3) is 0.364. The maximum absolute atomic E-state index is 10.9. The summed E-state index contributed by atoms with van der Waals surface area (Å²) in [5, 5.41) is 8.93. The van der Waals surface area contributed by atoms with E-state index >= 15 is 0 Å². The van der Waals surface area contributed by atoms with Crippen molar-refractivity contribution in [3.63, 3.8) is 0 Å². The largest absolute Gasteiger partial charge is 0.481 e. The molecule has 14 heavy (non-hydrogen) atoms. The Labute approximate surface area is 92.1 Å². The topological polar surface area (TPSA) is 37.3 Å². The summed E-state index contributed by atoms with van der Waals surface area (Å²) >= 11 is 3.35. The summed E-state index contributed by atoms with van der Waals surface area (Å²) in [5.41, 5.74) is 2.00. The Bertz CT molecular complexity index is 347. The van der Waals surface area contributed by atoms with Gasteiger partial charge in [-0.2, -0.15) is 0 Å². The molecule has 76 valence electrons. The maximum atomic E-state index is 10.9. The van der Waals surface area contributed by atoms with Crippen LogP contribution in [0.25, 0.3) is 0 Å². The van der Waals surface area contributed by atoms with Crippen molar-refractivity contribution in [1.29, 1.82) is 0 Å². The third kappa shape index (κ3) is 2.35. The number of hydrogen-bond acceptors (Lipinski definition) is 1. The van der Waals surface area contributed by atoms with E-state index in [-0.39, 0.29) is 0 Å². The Morgan fingerprint density at radius 1 is 1.57 bits per heavy atom. The van der Waals surface area contributed by atoms with E-state index in [0.29, 0.717) is 0 Å². The summed E-state index contributed by atoms with van der Waals surface area (Å²) < 4.78 is 0.929. The van der Waals surface area contributed by atoms with Crippen LogP contribution in [0.2, 0.25) is 0 Å². The molecule has 0 fully saturated rings. The van der Waals surface area contributed by atoms with Crippen molar-refractivity contribution in [2.75, 3.05) is 0 Å². The van der Waals surface area contributed by atoms with Gasteiger partial charge in [0.25, 0.3) is 0 Å². The number of carboxylic acids is 1. The lowest BCUT2D eigenvalue weighted by molar-refractivity contribution is -0.138. The molecule has 0 bridgehead atoms. The van der Waals surface area contributed by atoms with Gasteiger partial charge >= 0.3 is 5.97 Å². The molecule has 3 heteroatoms. The van der Waals surface area contributed by atoms with E-state index in [0.717, 1.165) is 22.0 Å². The van der Waals surface area contributed by atoms with Crippen LogP contribution in [-0.4, -0.2) is 11.1 Å². The van der Waals surface area contributed by atoms with Crippen LogP contribution in [0.4, 0.5) is 0 Å². The first-order chi connectivity index (χ1) is 6.56. The van der Waals surface area contributed by atoms with Gasteiger partial charge in [-0.25, -0.2) is 0 Å². The predicted molar refractivity (Wildman–Crippen MR) is 59.6 cm³/mol. The average Bonchev–Trinajstić information content (AvgIpc) is 2.16. The van der Waals surface area contributed by atoms with Crippen molar-refractivity contribution >= 4 is 21.9 Å². The Hall–Kier alpha value is -0.830. The monoisotopic (exact) mass is 256 g/mol. The summed E-state index contributed by atoms with van der Waals surface area (Å²) in [6.45, 7) is 3.74. The van der Waals surface area contributed by atoms with Gasteiger partial charge in [0.15, 0.2) is 0 Å². The smallest absolute Gasteiger partial charge is 0.310 e. The Morgan fingerprint density at radius 3 is 2.71 bits per heavy atom. The lowest BCUT2D eigenvalue weighted by Crippen LogP contribution is -2.09. The first kappa shape index (κ1) is 11.2. The van der Waals surface area contributed by atoms with Crippen LogP contribution in [0, 0.1) is 0 Å². The van der Waals surface area contributed by atoms with Gasteiger partial charge in [-0.3, -0.25) is 4.79 Å². The van der Waals surface area contributed by atoms with Gasteiger partial charge in [-0.1, -0.05) is 28.9 Å². The van der Waals surface area contributed by atoms with E-state index in [9.17, 15) is 4.79 Å². The zero-order valence-electron chi connectivity index (χ0n) is 8.25. The van der Waals surface area contributed by atoms with Gasteiger partial charge in [0.05, 0.1) is 5.92 Å². The molecular weight excluding hydrogens is 244 g/mol. The molecule has 0 amide bonds. The highest BCUT2D eigenvalue weighted by atomic mass is 79.9. The molecule has 0 aliphatic carbocycles. The molecule has 1 aromatic carbocycles. The Balaban J connectivity index is 3.16. The zero-order chi connectivity index (χ0) is 10.7. The zero-order valence-corrected chi connectivity index (χ0v) is 9.84. The molecule has 0 aromatic heterocycles. The summed E-state index contributed by atoms with van der Waals surface area (Å²) in [6.07, 6.45) is 0.861. The molecule has 1 N–H and O–H groups in total. The van der Waals surface area contributed by atoms with E-state index < -0.39 is 11.9 Å². The molecular formula is C11H13BrO2. The quantitative estimate of drug-likeness (QED) is 0.902. The van der Waals surface area contributed by atoms with Crippen molar-refractivity contribution < 1.29 is 9.90 Å². The van der Waals surface area contributed by atoms with E-state index in [1.54, 1.807) is 6.92 Å². The predicted octanol–water partition coefficient (Wildman–Crippen LogP) is 3.20.